The number of halogens is 2. The number of carbonyl (C=O) groups is 2. The van der Waals surface area contributed by atoms with Crippen molar-refractivity contribution >= 4 is 46.4 Å². The molecule has 0 unspecified atom stereocenters. The zero-order valence-corrected chi connectivity index (χ0v) is 15.8. The van der Waals surface area contributed by atoms with Crippen LogP contribution in [0.5, 0.6) is 11.5 Å². The van der Waals surface area contributed by atoms with Crippen LogP contribution >= 0.6 is 23.2 Å². The number of hydrogen-bond acceptors (Lipinski definition) is 4. The first-order valence-electron chi connectivity index (χ1n) is 7.91. The van der Waals surface area contributed by atoms with E-state index in [-0.39, 0.29) is 10.7 Å². The van der Waals surface area contributed by atoms with Gasteiger partial charge in [0.1, 0.15) is 0 Å². The van der Waals surface area contributed by atoms with Crippen molar-refractivity contribution in [3.8, 4) is 11.5 Å². The van der Waals surface area contributed by atoms with Crippen molar-refractivity contribution < 1.29 is 19.1 Å². The monoisotopic (exact) mass is 396 g/mol. The van der Waals surface area contributed by atoms with E-state index >= 15 is 0 Å². The zero-order valence-electron chi connectivity index (χ0n) is 14.3. The van der Waals surface area contributed by atoms with E-state index in [1.165, 1.54) is 12.1 Å². The highest BCUT2D eigenvalue weighted by Crippen LogP contribution is 2.30. The summed E-state index contributed by atoms with van der Waals surface area (Å²) in [5.41, 5.74) is 0.648. The Labute approximate surface area is 161 Å². The topological polar surface area (TPSA) is 76.7 Å². The lowest BCUT2D eigenvalue weighted by molar-refractivity contribution is -0.132. The van der Waals surface area contributed by atoms with Gasteiger partial charge in [0, 0.05) is 16.8 Å². The van der Waals surface area contributed by atoms with Crippen molar-refractivity contribution in [1.29, 1.82) is 0 Å². The van der Waals surface area contributed by atoms with Crippen LogP contribution in [-0.2, 0) is 9.59 Å². The summed E-state index contributed by atoms with van der Waals surface area (Å²) in [5, 5.41) is 5.58. The van der Waals surface area contributed by atoms with Gasteiger partial charge in [-0.1, -0.05) is 23.2 Å². The summed E-state index contributed by atoms with van der Waals surface area (Å²) in [6, 6.07) is 9.43. The van der Waals surface area contributed by atoms with Crippen molar-refractivity contribution in [3.63, 3.8) is 0 Å². The summed E-state index contributed by atoms with van der Waals surface area (Å²) in [4.78, 5) is 24.2. The van der Waals surface area contributed by atoms with E-state index in [1.54, 1.807) is 24.3 Å². The molecule has 0 spiro atoms. The van der Waals surface area contributed by atoms with Gasteiger partial charge in [-0.3, -0.25) is 9.59 Å². The van der Waals surface area contributed by atoms with Crippen LogP contribution in [-0.4, -0.2) is 25.0 Å². The maximum absolute atomic E-state index is 12.1. The fourth-order valence-electron chi connectivity index (χ4n) is 2.09. The average Bonchev–Trinajstić information content (AvgIpc) is 2.60. The van der Waals surface area contributed by atoms with Crippen LogP contribution in [0.15, 0.2) is 36.4 Å². The highest BCUT2D eigenvalue weighted by molar-refractivity contribution is 6.45. The van der Waals surface area contributed by atoms with Gasteiger partial charge in [0.2, 0.25) is 0 Å². The Bertz CT molecular complexity index is 812. The summed E-state index contributed by atoms with van der Waals surface area (Å²) in [6.07, 6.45) is 0. The number of ether oxygens (including phenoxy) is 2. The minimum atomic E-state index is -0.874. The molecule has 0 fully saturated rings. The van der Waals surface area contributed by atoms with Gasteiger partial charge >= 0.3 is 11.8 Å². The summed E-state index contributed by atoms with van der Waals surface area (Å²) in [6.45, 7) is 4.61. The smallest absolute Gasteiger partial charge is 0.314 e. The first-order valence-corrected chi connectivity index (χ1v) is 8.67. The summed E-state index contributed by atoms with van der Waals surface area (Å²) < 4.78 is 10.9. The third kappa shape index (κ3) is 5.28. The fourth-order valence-corrected chi connectivity index (χ4v) is 2.43. The van der Waals surface area contributed by atoms with Crippen LogP contribution in [0, 0.1) is 0 Å². The molecule has 2 amide bonds. The number of rotatable bonds is 6. The number of carbonyl (C=O) groups excluding carboxylic acids is 2. The minimum Gasteiger partial charge on any atom is -0.490 e. The molecule has 2 N–H and O–H groups in total. The molecule has 0 aliphatic rings. The van der Waals surface area contributed by atoms with Crippen molar-refractivity contribution in [1.82, 2.24) is 0 Å². The molecule has 2 aromatic carbocycles. The molecule has 0 saturated heterocycles. The first kappa shape index (κ1) is 19.9. The average molecular weight is 397 g/mol. The SMILES string of the molecule is CCOc1ccc(NC(=O)C(=O)Nc2cc(Cl)ccc2Cl)cc1OCC. The quantitative estimate of drug-likeness (QED) is 0.710. The molecule has 0 bridgehead atoms. The Balaban J connectivity index is 2.09. The van der Waals surface area contributed by atoms with E-state index in [9.17, 15) is 9.59 Å². The third-order valence-corrected chi connectivity index (χ3v) is 3.75. The van der Waals surface area contributed by atoms with Gasteiger partial charge in [-0.25, -0.2) is 0 Å². The Kier molecular flexibility index (Phi) is 7.12. The van der Waals surface area contributed by atoms with E-state index in [1.807, 2.05) is 13.8 Å². The van der Waals surface area contributed by atoms with Gasteiger partial charge in [-0.05, 0) is 44.2 Å². The van der Waals surface area contributed by atoms with Crippen LogP contribution in [0.3, 0.4) is 0 Å². The molecule has 0 aromatic heterocycles. The van der Waals surface area contributed by atoms with Gasteiger partial charge in [0.25, 0.3) is 0 Å². The Morgan fingerprint density at radius 2 is 1.54 bits per heavy atom. The number of nitrogens with one attached hydrogen (secondary N) is 2. The minimum absolute atomic E-state index is 0.251. The molecule has 0 radical (unpaired) electrons. The highest BCUT2D eigenvalue weighted by Gasteiger charge is 2.17. The predicted molar refractivity (Wildman–Crippen MR) is 103 cm³/mol. The maximum atomic E-state index is 12.1. The molecule has 0 saturated carbocycles. The fraction of sp³-hybridized carbons (Fsp3) is 0.222. The van der Waals surface area contributed by atoms with Crippen LogP contribution in [0.25, 0.3) is 0 Å². The van der Waals surface area contributed by atoms with E-state index in [2.05, 4.69) is 10.6 Å². The Hall–Kier alpha value is -2.44. The Morgan fingerprint density at radius 1 is 0.885 bits per heavy atom. The van der Waals surface area contributed by atoms with Crippen molar-refractivity contribution in [2.75, 3.05) is 23.8 Å². The molecule has 138 valence electrons. The Morgan fingerprint density at radius 3 is 2.23 bits per heavy atom. The van der Waals surface area contributed by atoms with Gasteiger partial charge in [-0.2, -0.15) is 0 Å². The van der Waals surface area contributed by atoms with Crippen LogP contribution in [0.4, 0.5) is 11.4 Å². The molecule has 0 aliphatic carbocycles. The second kappa shape index (κ2) is 9.31. The van der Waals surface area contributed by atoms with Gasteiger partial charge in [-0.15, -0.1) is 0 Å². The molecule has 2 rings (SSSR count). The molecule has 0 heterocycles. The number of anilines is 2. The summed E-state index contributed by atoms with van der Waals surface area (Å²) >= 11 is 11.8. The van der Waals surface area contributed by atoms with Gasteiger partial charge < -0.3 is 20.1 Å². The van der Waals surface area contributed by atoms with Crippen molar-refractivity contribution in [3.05, 3.63) is 46.4 Å². The zero-order chi connectivity index (χ0) is 19.1. The van der Waals surface area contributed by atoms with Crippen molar-refractivity contribution in [2.45, 2.75) is 13.8 Å². The third-order valence-electron chi connectivity index (χ3n) is 3.18. The lowest BCUT2D eigenvalue weighted by Crippen LogP contribution is -2.29. The summed E-state index contributed by atoms with van der Waals surface area (Å²) in [7, 11) is 0. The standard InChI is InChI=1S/C18H18Cl2N2O4/c1-3-25-15-8-6-12(10-16(15)26-4-2)21-17(23)18(24)22-14-9-11(19)5-7-13(14)20/h5-10H,3-4H2,1-2H3,(H,21,23)(H,22,24). The molecular weight excluding hydrogens is 379 g/mol. The molecule has 2 aromatic rings. The number of hydrogen-bond donors (Lipinski definition) is 2. The number of benzene rings is 2. The highest BCUT2D eigenvalue weighted by atomic mass is 35.5. The first-order chi connectivity index (χ1) is 12.4. The summed E-state index contributed by atoms with van der Waals surface area (Å²) in [5.74, 6) is -0.693. The molecule has 0 atom stereocenters. The van der Waals surface area contributed by atoms with Crippen molar-refractivity contribution in [2.24, 2.45) is 0 Å². The lowest BCUT2D eigenvalue weighted by atomic mass is 10.2. The second-order valence-electron chi connectivity index (χ2n) is 5.06. The second-order valence-corrected chi connectivity index (χ2v) is 5.90. The molecular formula is C18H18Cl2N2O4. The largest absolute Gasteiger partial charge is 0.490 e. The molecule has 6 nitrogen and oxygen atoms in total. The van der Waals surface area contributed by atoms with E-state index < -0.39 is 11.8 Å². The van der Waals surface area contributed by atoms with Crippen LogP contribution in [0.1, 0.15) is 13.8 Å². The van der Waals surface area contributed by atoms with Crippen LogP contribution in [0.2, 0.25) is 10.0 Å². The lowest BCUT2D eigenvalue weighted by Gasteiger charge is -2.13. The molecule has 8 heteroatoms. The predicted octanol–water partition coefficient (Wildman–Crippen LogP) is 4.37. The number of amides is 2. The van der Waals surface area contributed by atoms with E-state index in [4.69, 9.17) is 32.7 Å². The van der Waals surface area contributed by atoms with Crippen LogP contribution < -0.4 is 20.1 Å². The van der Waals surface area contributed by atoms with Gasteiger partial charge in [0.05, 0.1) is 23.9 Å². The molecule has 0 aliphatic heterocycles. The maximum Gasteiger partial charge on any atom is 0.314 e. The van der Waals surface area contributed by atoms with E-state index in [0.29, 0.717) is 35.4 Å². The van der Waals surface area contributed by atoms with E-state index in [0.717, 1.165) is 0 Å². The van der Waals surface area contributed by atoms with Gasteiger partial charge in [0.15, 0.2) is 11.5 Å². The molecule has 26 heavy (non-hydrogen) atoms. The normalized spacial score (nSPS) is 10.2.